The summed E-state index contributed by atoms with van der Waals surface area (Å²) in [6.07, 6.45) is -0.605. The van der Waals surface area contributed by atoms with Crippen molar-refractivity contribution >= 4 is 27.3 Å². The molecular formula is C22H21N3O3S. The fourth-order valence-corrected chi connectivity index (χ4v) is 4.76. The van der Waals surface area contributed by atoms with Gasteiger partial charge in [0.05, 0.1) is 5.69 Å². The Kier molecular flexibility index (Phi) is 4.86. The lowest BCUT2D eigenvalue weighted by Crippen LogP contribution is -2.38. The number of hydrogen-bond acceptors (Lipinski definition) is 4. The normalized spacial score (nSPS) is 17.1. The molecule has 0 fully saturated rings. The zero-order valence-electron chi connectivity index (χ0n) is 16.1. The van der Waals surface area contributed by atoms with E-state index >= 15 is 0 Å². The zero-order valence-corrected chi connectivity index (χ0v) is 16.9. The summed E-state index contributed by atoms with van der Waals surface area (Å²) in [5.41, 5.74) is 4.65. The SMILES string of the molecule is Cc1cc(C)cc(NC(=O)c2ccc([C@H]3Nc4ccccc4S(=O)(=O)N3)cc2)c1. The first-order valence-corrected chi connectivity index (χ1v) is 10.7. The van der Waals surface area contributed by atoms with Gasteiger partial charge in [-0.1, -0.05) is 30.3 Å². The van der Waals surface area contributed by atoms with Crippen LogP contribution in [-0.4, -0.2) is 14.3 Å². The van der Waals surface area contributed by atoms with Crippen molar-refractivity contribution in [3.63, 3.8) is 0 Å². The van der Waals surface area contributed by atoms with Crippen molar-refractivity contribution in [2.24, 2.45) is 0 Å². The third-order valence-electron chi connectivity index (χ3n) is 4.74. The summed E-state index contributed by atoms with van der Waals surface area (Å²) in [5.74, 6) is -0.218. The van der Waals surface area contributed by atoms with Crippen LogP contribution in [0.3, 0.4) is 0 Å². The molecule has 3 N–H and O–H groups in total. The topological polar surface area (TPSA) is 87.3 Å². The van der Waals surface area contributed by atoms with Gasteiger partial charge >= 0.3 is 0 Å². The van der Waals surface area contributed by atoms with Crippen molar-refractivity contribution in [3.05, 3.63) is 89.0 Å². The minimum Gasteiger partial charge on any atom is -0.364 e. The Hall–Kier alpha value is -3.16. The molecule has 7 heteroatoms. The number of aryl methyl sites for hydroxylation is 2. The predicted octanol–water partition coefficient (Wildman–Crippen LogP) is 3.96. The van der Waals surface area contributed by atoms with Gasteiger partial charge in [-0.05, 0) is 66.9 Å². The number of amides is 1. The molecule has 0 spiro atoms. The van der Waals surface area contributed by atoms with Crippen molar-refractivity contribution in [2.75, 3.05) is 10.6 Å². The van der Waals surface area contributed by atoms with Crippen LogP contribution in [0.1, 0.15) is 33.2 Å². The van der Waals surface area contributed by atoms with Crippen LogP contribution in [0.4, 0.5) is 11.4 Å². The molecule has 1 amide bonds. The Balaban J connectivity index is 1.53. The lowest BCUT2D eigenvalue weighted by atomic mass is 10.1. The molecule has 1 aliphatic rings. The molecule has 1 aliphatic heterocycles. The largest absolute Gasteiger partial charge is 0.364 e. The number of nitrogens with one attached hydrogen (secondary N) is 3. The maximum Gasteiger partial charge on any atom is 0.255 e. The number of anilines is 2. The minimum atomic E-state index is -3.61. The van der Waals surface area contributed by atoms with Crippen molar-refractivity contribution in [1.82, 2.24) is 4.72 Å². The van der Waals surface area contributed by atoms with Crippen LogP contribution in [0, 0.1) is 13.8 Å². The molecule has 1 atom stereocenters. The van der Waals surface area contributed by atoms with Crippen LogP contribution in [0.25, 0.3) is 0 Å². The molecule has 3 aromatic carbocycles. The number of hydrogen-bond donors (Lipinski definition) is 3. The second kappa shape index (κ2) is 7.35. The maximum absolute atomic E-state index is 12.6. The van der Waals surface area contributed by atoms with E-state index in [0.717, 1.165) is 16.8 Å². The average Bonchev–Trinajstić information content (AvgIpc) is 2.67. The molecule has 29 heavy (non-hydrogen) atoms. The van der Waals surface area contributed by atoms with Gasteiger partial charge in [0, 0.05) is 11.3 Å². The van der Waals surface area contributed by atoms with E-state index in [1.807, 2.05) is 32.0 Å². The first kappa shape index (κ1) is 19.2. The Labute approximate surface area is 170 Å². The minimum absolute atomic E-state index is 0.218. The van der Waals surface area contributed by atoms with Gasteiger partial charge in [0.25, 0.3) is 5.91 Å². The fraction of sp³-hybridized carbons (Fsp3) is 0.136. The number of fused-ring (bicyclic) bond motifs is 1. The quantitative estimate of drug-likeness (QED) is 0.613. The van der Waals surface area contributed by atoms with Gasteiger partial charge in [-0.25, -0.2) is 8.42 Å². The van der Waals surface area contributed by atoms with Gasteiger partial charge in [0.15, 0.2) is 0 Å². The average molecular weight is 407 g/mol. The number of sulfonamides is 1. The van der Waals surface area contributed by atoms with Gasteiger partial charge in [-0.15, -0.1) is 0 Å². The third-order valence-corrected chi connectivity index (χ3v) is 6.22. The van der Waals surface area contributed by atoms with Crippen molar-refractivity contribution < 1.29 is 13.2 Å². The van der Waals surface area contributed by atoms with Gasteiger partial charge in [-0.3, -0.25) is 4.79 Å². The molecule has 0 bridgehead atoms. The van der Waals surface area contributed by atoms with Gasteiger partial charge in [-0.2, -0.15) is 4.72 Å². The van der Waals surface area contributed by atoms with E-state index in [1.54, 1.807) is 48.5 Å². The lowest BCUT2D eigenvalue weighted by molar-refractivity contribution is 0.102. The summed E-state index contributed by atoms with van der Waals surface area (Å²) < 4.78 is 27.6. The van der Waals surface area contributed by atoms with E-state index in [9.17, 15) is 13.2 Å². The highest BCUT2D eigenvalue weighted by atomic mass is 32.2. The van der Waals surface area contributed by atoms with Crippen LogP contribution < -0.4 is 15.4 Å². The summed E-state index contributed by atoms with van der Waals surface area (Å²) in [6, 6.07) is 19.5. The molecule has 1 heterocycles. The van der Waals surface area contributed by atoms with Crippen LogP contribution in [-0.2, 0) is 10.0 Å². The molecule has 0 radical (unpaired) electrons. The summed E-state index contributed by atoms with van der Waals surface area (Å²) in [6.45, 7) is 3.96. The van der Waals surface area contributed by atoms with E-state index in [4.69, 9.17) is 0 Å². The van der Waals surface area contributed by atoms with Gasteiger partial charge in [0.1, 0.15) is 11.1 Å². The number of carbonyl (C=O) groups is 1. The standard InChI is InChI=1S/C22H21N3O3S/c1-14-11-15(2)13-18(12-14)23-22(26)17-9-7-16(8-10-17)21-24-19-5-3-4-6-20(19)29(27,28)25-21/h3-13,21,24-25H,1-2H3,(H,23,26)/t21-/m0/s1. The molecule has 3 aromatic rings. The number of carbonyl (C=O) groups excluding carboxylic acids is 1. The zero-order chi connectivity index (χ0) is 20.6. The highest BCUT2D eigenvalue weighted by Gasteiger charge is 2.29. The molecule has 0 aromatic heterocycles. The van der Waals surface area contributed by atoms with Crippen LogP contribution >= 0.6 is 0 Å². The van der Waals surface area contributed by atoms with Crippen LogP contribution in [0.5, 0.6) is 0 Å². The highest BCUT2D eigenvalue weighted by molar-refractivity contribution is 7.89. The molecule has 4 rings (SSSR count). The fourth-order valence-electron chi connectivity index (χ4n) is 3.45. The molecule has 0 saturated carbocycles. The van der Waals surface area contributed by atoms with E-state index in [1.165, 1.54) is 0 Å². The van der Waals surface area contributed by atoms with E-state index in [2.05, 4.69) is 15.4 Å². The Morgan fingerprint density at radius 3 is 2.28 bits per heavy atom. The number of benzene rings is 3. The number of rotatable bonds is 3. The monoisotopic (exact) mass is 407 g/mol. The maximum atomic E-state index is 12.6. The van der Waals surface area contributed by atoms with Gasteiger partial charge in [0.2, 0.25) is 10.0 Å². The summed E-state index contributed by atoms with van der Waals surface area (Å²) in [5, 5.41) is 6.08. The van der Waals surface area contributed by atoms with E-state index in [-0.39, 0.29) is 10.8 Å². The summed E-state index contributed by atoms with van der Waals surface area (Å²) in [4.78, 5) is 12.8. The van der Waals surface area contributed by atoms with Crippen molar-refractivity contribution in [2.45, 2.75) is 24.9 Å². The Bertz CT molecular complexity index is 1170. The summed E-state index contributed by atoms with van der Waals surface area (Å²) in [7, 11) is -3.61. The second-order valence-electron chi connectivity index (χ2n) is 7.15. The second-order valence-corrected chi connectivity index (χ2v) is 8.83. The first-order chi connectivity index (χ1) is 13.8. The molecule has 0 unspecified atom stereocenters. The Morgan fingerprint density at radius 1 is 0.931 bits per heavy atom. The van der Waals surface area contributed by atoms with Crippen LogP contribution in [0.15, 0.2) is 71.6 Å². The molecule has 148 valence electrons. The van der Waals surface area contributed by atoms with Gasteiger partial charge < -0.3 is 10.6 Å². The third kappa shape index (κ3) is 4.01. The van der Waals surface area contributed by atoms with Crippen LogP contribution in [0.2, 0.25) is 0 Å². The number of para-hydroxylation sites is 1. The predicted molar refractivity (Wildman–Crippen MR) is 113 cm³/mol. The molecule has 6 nitrogen and oxygen atoms in total. The first-order valence-electron chi connectivity index (χ1n) is 9.19. The summed E-state index contributed by atoms with van der Waals surface area (Å²) >= 11 is 0. The van der Waals surface area contributed by atoms with E-state index < -0.39 is 16.2 Å². The highest BCUT2D eigenvalue weighted by Crippen LogP contribution is 2.30. The van der Waals surface area contributed by atoms with E-state index in [0.29, 0.717) is 16.8 Å². The smallest absolute Gasteiger partial charge is 0.255 e. The Morgan fingerprint density at radius 2 is 1.59 bits per heavy atom. The van der Waals surface area contributed by atoms with Crippen molar-refractivity contribution in [3.8, 4) is 0 Å². The molecule has 0 aliphatic carbocycles. The molecular weight excluding hydrogens is 386 g/mol. The van der Waals surface area contributed by atoms with Crippen molar-refractivity contribution in [1.29, 1.82) is 0 Å². The lowest BCUT2D eigenvalue weighted by Gasteiger charge is -2.28. The molecule has 0 saturated heterocycles.